The van der Waals surface area contributed by atoms with Crippen LogP contribution in [-0.4, -0.2) is 15.7 Å². The van der Waals surface area contributed by atoms with Crippen LogP contribution in [0, 0.1) is 6.92 Å². The summed E-state index contributed by atoms with van der Waals surface area (Å²) in [7, 11) is 0. The number of hydrogen-bond donors (Lipinski definition) is 1. The molecular weight excluding hydrogens is 294 g/mol. The molecule has 3 rings (SSSR count). The van der Waals surface area contributed by atoms with Crippen LogP contribution in [0.25, 0.3) is 11.8 Å². The third kappa shape index (κ3) is 3.32. The summed E-state index contributed by atoms with van der Waals surface area (Å²) in [6.07, 6.45) is 3.33. The molecule has 110 valence electrons. The van der Waals surface area contributed by atoms with E-state index in [4.69, 9.17) is 0 Å². The highest BCUT2D eigenvalue weighted by molar-refractivity contribution is 7.10. The van der Waals surface area contributed by atoms with Gasteiger partial charge in [0.05, 0.1) is 11.4 Å². The normalized spacial score (nSPS) is 11.0. The Morgan fingerprint density at radius 2 is 2.05 bits per heavy atom. The summed E-state index contributed by atoms with van der Waals surface area (Å²) >= 11 is 1.59. The molecule has 2 aromatic heterocycles. The highest BCUT2D eigenvalue weighted by Crippen LogP contribution is 2.17. The number of nitrogens with zero attached hydrogens (tertiary/aromatic N) is 2. The molecule has 1 amide bonds. The number of nitrogens with one attached hydrogen (secondary N) is 1. The molecule has 3 aromatic rings. The first-order valence-electron chi connectivity index (χ1n) is 6.87. The number of aromatic nitrogens is 2. The van der Waals surface area contributed by atoms with Crippen LogP contribution >= 0.6 is 11.3 Å². The lowest BCUT2D eigenvalue weighted by Crippen LogP contribution is -2.12. The minimum absolute atomic E-state index is 0.175. The number of carbonyl (C=O) groups excluding carboxylic acids is 1. The Balaban J connectivity index is 1.79. The summed E-state index contributed by atoms with van der Waals surface area (Å²) in [5, 5.41) is 9.27. The van der Waals surface area contributed by atoms with Crippen molar-refractivity contribution in [2.45, 2.75) is 6.92 Å². The number of aryl methyl sites for hydroxylation is 1. The Morgan fingerprint density at radius 3 is 2.77 bits per heavy atom. The SMILES string of the molecule is Cc1cc(NC(=O)C=Cc2cccs2)n(-c2ccccc2)n1. The van der Waals surface area contributed by atoms with E-state index in [2.05, 4.69) is 10.4 Å². The second kappa shape index (κ2) is 6.41. The minimum Gasteiger partial charge on any atom is -0.307 e. The Hall–Kier alpha value is -2.66. The number of thiophene rings is 1. The molecule has 0 fully saturated rings. The van der Waals surface area contributed by atoms with Gasteiger partial charge in [0.1, 0.15) is 5.82 Å². The maximum absolute atomic E-state index is 12.1. The molecule has 0 aliphatic heterocycles. The number of benzene rings is 1. The van der Waals surface area contributed by atoms with Crippen molar-refractivity contribution >= 4 is 29.1 Å². The highest BCUT2D eigenvalue weighted by Gasteiger charge is 2.09. The number of carbonyl (C=O) groups is 1. The first-order chi connectivity index (χ1) is 10.7. The van der Waals surface area contributed by atoms with Crippen molar-refractivity contribution in [3.8, 4) is 5.69 Å². The fourth-order valence-corrected chi connectivity index (χ4v) is 2.68. The first-order valence-corrected chi connectivity index (χ1v) is 7.75. The van der Waals surface area contributed by atoms with Crippen molar-refractivity contribution < 1.29 is 4.79 Å². The first kappa shape index (κ1) is 14.3. The van der Waals surface area contributed by atoms with E-state index in [9.17, 15) is 4.79 Å². The Labute approximate surface area is 132 Å². The van der Waals surface area contributed by atoms with E-state index in [1.165, 1.54) is 6.08 Å². The van der Waals surface area contributed by atoms with Gasteiger partial charge in [-0.3, -0.25) is 4.79 Å². The lowest BCUT2D eigenvalue weighted by atomic mass is 10.3. The van der Waals surface area contributed by atoms with Crippen LogP contribution in [-0.2, 0) is 4.79 Å². The summed E-state index contributed by atoms with van der Waals surface area (Å²) in [4.78, 5) is 13.1. The van der Waals surface area contributed by atoms with Crippen LogP contribution in [0.5, 0.6) is 0 Å². The predicted octanol–water partition coefficient (Wildman–Crippen LogP) is 3.89. The fourth-order valence-electron chi connectivity index (χ4n) is 2.07. The number of hydrogen-bond acceptors (Lipinski definition) is 3. The number of anilines is 1. The number of amides is 1. The van der Waals surface area contributed by atoms with Gasteiger partial charge >= 0.3 is 0 Å². The molecule has 0 aliphatic carbocycles. The third-order valence-electron chi connectivity index (χ3n) is 3.03. The molecule has 0 aliphatic rings. The zero-order valence-electron chi connectivity index (χ0n) is 12.1. The van der Waals surface area contributed by atoms with E-state index < -0.39 is 0 Å². The van der Waals surface area contributed by atoms with Gasteiger partial charge in [-0.15, -0.1) is 11.3 Å². The molecule has 0 saturated heterocycles. The number of para-hydroxylation sites is 1. The quantitative estimate of drug-likeness (QED) is 0.743. The van der Waals surface area contributed by atoms with Crippen molar-refractivity contribution in [2.75, 3.05) is 5.32 Å². The van der Waals surface area contributed by atoms with E-state index in [1.807, 2.05) is 60.8 Å². The lowest BCUT2D eigenvalue weighted by Gasteiger charge is -2.07. The van der Waals surface area contributed by atoms with Crippen molar-refractivity contribution in [3.05, 3.63) is 70.6 Å². The standard InChI is InChI=1S/C17H15N3OS/c1-13-12-16(20(19-13)14-6-3-2-4-7-14)18-17(21)10-9-15-8-5-11-22-15/h2-12H,1H3,(H,18,21). The van der Waals surface area contributed by atoms with Crippen LogP contribution in [0.15, 0.2) is 60.0 Å². The van der Waals surface area contributed by atoms with Gasteiger partial charge in [-0.1, -0.05) is 24.3 Å². The van der Waals surface area contributed by atoms with Crippen molar-refractivity contribution in [1.29, 1.82) is 0 Å². The van der Waals surface area contributed by atoms with Gasteiger partial charge in [0.15, 0.2) is 0 Å². The lowest BCUT2D eigenvalue weighted by molar-refractivity contribution is -0.111. The van der Waals surface area contributed by atoms with Crippen LogP contribution in [0.3, 0.4) is 0 Å². The van der Waals surface area contributed by atoms with Crippen LogP contribution < -0.4 is 5.32 Å². The topological polar surface area (TPSA) is 46.9 Å². The van der Waals surface area contributed by atoms with Gasteiger partial charge in [0, 0.05) is 17.0 Å². The van der Waals surface area contributed by atoms with Crippen molar-refractivity contribution in [3.63, 3.8) is 0 Å². The second-order valence-corrected chi connectivity index (χ2v) is 5.74. The van der Waals surface area contributed by atoms with E-state index in [0.717, 1.165) is 16.3 Å². The molecule has 1 aromatic carbocycles. The summed E-state index contributed by atoms with van der Waals surface area (Å²) in [6, 6.07) is 15.5. The molecule has 4 nitrogen and oxygen atoms in total. The molecule has 5 heteroatoms. The Morgan fingerprint density at radius 1 is 1.23 bits per heavy atom. The number of rotatable bonds is 4. The van der Waals surface area contributed by atoms with Crippen molar-refractivity contribution in [1.82, 2.24) is 9.78 Å². The van der Waals surface area contributed by atoms with Gasteiger partial charge in [-0.25, -0.2) is 4.68 Å². The van der Waals surface area contributed by atoms with Gasteiger partial charge in [-0.05, 0) is 36.6 Å². The average Bonchev–Trinajstić information content (AvgIpc) is 3.16. The van der Waals surface area contributed by atoms with Crippen LogP contribution in [0.1, 0.15) is 10.6 Å². The molecule has 0 unspecified atom stereocenters. The van der Waals surface area contributed by atoms with E-state index >= 15 is 0 Å². The molecule has 1 N–H and O–H groups in total. The fraction of sp³-hybridized carbons (Fsp3) is 0.0588. The predicted molar refractivity (Wildman–Crippen MR) is 90.3 cm³/mol. The summed E-state index contributed by atoms with van der Waals surface area (Å²) in [5.74, 6) is 0.481. The zero-order chi connectivity index (χ0) is 15.4. The molecule has 0 saturated carbocycles. The van der Waals surface area contributed by atoms with Gasteiger partial charge < -0.3 is 5.32 Å². The molecule has 0 radical (unpaired) electrons. The molecular formula is C17H15N3OS. The maximum atomic E-state index is 12.1. The van der Waals surface area contributed by atoms with Crippen LogP contribution in [0.2, 0.25) is 0 Å². The Kier molecular flexibility index (Phi) is 4.16. The van der Waals surface area contributed by atoms with Crippen LogP contribution in [0.4, 0.5) is 5.82 Å². The van der Waals surface area contributed by atoms with Crippen molar-refractivity contribution in [2.24, 2.45) is 0 Å². The third-order valence-corrected chi connectivity index (χ3v) is 3.86. The van der Waals surface area contributed by atoms with Gasteiger partial charge in [0.25, 0.3) is 0 Å². The minimum atomic E-state index is -0.175. The maximum Gasteiger partial charge on any atom is 0.249 e. The average molecular weight is 309 g/mol. The molecule has 0 spiro atoms. The molecule has 0 atom stereocenters. The monoisotopic (exact) mass is 309 g/mol. The Bertz CT molecular complexity index is 789. The largest absolute Gasteiger partial charge is 0.307 e. The highest BCUT2D eigenvalue weighted by atomic mass is 32.1. The van der Waals surface area contributed by atoms with E-state index in [-0.39, 0.29) is 5.91 Å². The zero-order valence-corrected chi connectivity index (χ0v) is 12.9. The summed E-state index contributed by atoms with van der Waals surface area (Å²) < 4.78 is 1.73. The van der Waals surface area contributed by atoms with Gasteiger partial charge in [-0.2, -0.15) is 5.10 Å². The molecule has 22 heavy (non-hydrogen) atoms. The summed E-state index contributed by atoms with van der Waals surface area (Å²) in [5.41, 5.74) is 1.76. The van der Waals surface area contributed by atoms with Gasteiger partial charge in [0.2, 0.25) is 5.91 Å². The molecule has 0 bridgehead atoms. The smallest absolute Gasteiger partial charge is 0.249 e. The van der Waals surface area contributed by atoms with E-state index in [1.54, 1.807) is 22.1 Å². The second-order valence-electron chi connectivity index (χ2n) is 4.76. The van der Waals surface area contributed by atoms with E-state index in [0.29, 0.717) is 5.82 Å². The summed E-state index contributed by atoms with van der Waals surface area (Å²) in [6.45, 7) is 1.90. The molecule has 2 heterocycles.